The molecule has 0 spiro atoms. The van der Waals surface area contributed by atoms with Gasteiger partial charge >= 0.3 is 0 Å². The van der Waals surface area contributed by atoms with Crippen molar-refractivity contribution >= 4 is 40.0 Å². The number of carbonyl (C=O) groups is 2. The monoisotopic (exact) mass is 377 g/mol. The third-order valence-corrected chi connectivity index (χ3v) is 4.46. The number of hydrogen-bond acceptors (Lipinski definition) is 4. The highest BCUT2D eigenvalue weighted by atomic mass is 32.1. The number of amides is 2. The predicted molar refractivity (Wildman–Crippen MR) is 111 cm³/mol. The summed E-state index contributed by atoms with van der Waals surface area (Å²) in [4.78, 5) is 27.6. The van der Waals surface area contributed by atoms with Gasteiger partial charge in [0, 0.05) is 29.6 Å². The molecule has 6 heteroatoms. The van der Waals surface area contributed by atoms with Crippen LogP contribution in [0.25, 0.3) is 17.3 Å². The van der Waals surface area contributed by atoms with E-state index < -0.39 is 0 Å². The zero-order valence-electron chi connectivity index (χ0n) is 15.0. The fourth-order valence-electron chi connectivity index (χ4n) is 2.48. The van der Waals surface area contributed by atoms with E-state index in [1.165, 1.54) is 24.3 Å². The Morgan fingerprint density at radius 2 is 1.85 bits per heavy atom. The van der Waals surface area contributed by atoms with Crippen molar-refractivity contribution in [2.75, 3.05) is 10.6 Å². The third-order valence-electron chi connectivity index (χ3n) is 3.70. The first kappa shape index (κ1) is 18.5. The molecule has 0 saturated carbocycles. The fraction of sp³-hybridized carbons (Fsp3) is 0.0952. The molecule has 3 rings (SSSR count). The van der Waals surface area contributed by atoms with Crippen molar-refractivity contribution in [1.82, 2.24) is 4.98 Å². The Balaban J connectivity index is 1.63. The standard InChI is InChI=1S/C21H19N3O2S/c1-14-4-3-5-16(12-14)6-11-20(26)24-21-23-19(13-27-21)17-7-9-18(10-8-17)22-15(2)25/h3-13H,1-2H3,(H,22,25)(H,23,24,26)/b11-6+. The van der Waals surface area contributed by atoms with Crippen LogP contribution < -0.4 is 10.6 Å². The lowest BCUT2D eigenvalue weighted by atomic mass is 10.1. The Bertz CT molecular complexity index is 991. The van der Waals surface area contributed by atoms with Gasteiger partial charge in [0.25, 0.3) is 0 Å². The predicted octanol–water partition coefficient (Wildman–Crippen LogP) is 4.73. The zero-order valence-corrected chi connectivity index (χ0v) is 15.8. The van der Waals surface area contributed by atoms with Crippen LogP contribution in [0.1, 0.15) is 18.1 Å². The third kappa shape index (κ3) is 5.36. The molecule has 2 amide bonds. The zero-order chi connectivity index (χ0) is 19.2. The van der Waals surface area contributed by atoms with Gasteiger partial charge in [-0.15, -0.1) is 11.3 Å². The van der Waals surface area contributed by atoms with Crippen LogP contribution in [-0.4, -0.2) is 16.8 Å². The highest BCUT2D eigenvalue weighted by Crippen LogP contribution is 2.26. The SMILES string of the molecule is CC(=O)Nc1ccc(-c2csc(NC(=O)/C=C/c3cccc(C)c3)n2)cc1. The molecule has 3 aromatic rings. The minimum absolute atomic E-state index is 0.111. The van der Waals surface area contributed by atoms with Crippen molar-refractivity contribution in [2.24, 2.45) is 0 Å². The van der Waals surface area contributed by atoms with Crippen LogP contribution in [0.2, 0.25) is 0 Å². The maximum Gasteiger partial charge on any atom is 0.250 e. The van der Waals surface area contributed by atoms with E-state index in [2.05, 4.69) is 15.6 Å². The molecule has 1 heterocycles. The number of rotatable bonds is 5. The summed E-state index contributed by atoms with van der Waals surface area (Å²) in [6.45, 7) is 3.48. The summed E-state index contributed by atoms with van der Waals surface area (Å²) in [7, 11) is 0. The summed E-state index contributed by atoms with van der Waals surface area (Å²) in [6, 6.07) is 15.3. The molecule has 0 aliphatic carbocycles. The Labute approximate surface area is 161 Å². The number of carbonyl (C=O) groups excluding carboxylic acids is 2. The molecule has 0 radical (unpaired) electrons. The van der Waals surface area contributed by atoms with Crippen molar-refractivity contribution in [2.45, 2.75) is 13.8 Å². The second-order valence-electron chi connectivity index (χ2n) is 6.03. The highest BCUT2D eigenvalue weighted by Gasteiger charge is 2.07. The highest BCUT2D eigenvalue weighted by molar-refractivity contribution is 7.14. The molecule has 0 bridgehead atoms. The van der Waals surface area contributed by atoms with E-state index in [1.54, 1.807) is 6.08 Å². The lowest BCUT2D eigenvalue weighted by molar-refractivity contribution is -0.114. The average Bonchev–Trinajstić information content (AvgIpc) is 3.08. The number of benzene rings is 2. The first-order chi connectivity index (χ1) is 13.0. The van der Waals surface area contributed by atoms with Crippen LogP contribution in [0.3, 0.4) is 0 Å². The topological polar surface area (TPSA) is 71.1 Å². The van der Waals surface area contributed by atoms with E-state index in [1.807, 2.05) is 60.8 Å². The van der Waals surface area contributed by atoms with Gasteiger partial charge in [0.1, 0.15) is 0 Å². The van der Waals surface area contributed by atoms with Gasteiger partial charge in [-0.05, 0) is 30.7 Å². The van der Waals surface area contributed by atoms with Crippen molar-refractivity contribution in [3.8, 4) is 11.3 Å². The summed E-state index contributed by atoms with van der Waals surface area (Å²) in [5.41, 5.74) is 4.54. The molecule has 2 N–H and O–H groups in total. The molecule has 0 aliphatic heterocycles. The van der Waals surface area contributed by atoms with E-state index >= 15 is 0 Å². The number of aromatic nitrogens is 1. The summed E-state index contributed by atoms with van der Waals surface area (Å²) in [5, 5.41) is 7.92. The number of anilines is 2. The van der Waals surface area contributed by atoms with Crippen LogP contribution in [-0.2, 0) is 9.59 Å². The summed E-state index contributed by atoms with van der Waals surface area (Å²) in [5.74, 6) is -0.335. The second-order valence-corrected chi connectivity index (χ2v) is 6.89. The molecule has 0 aliphatic rings. The van der Waals surface area contributed by atoms with E-state index in [0.29, 0.717) is 5.13 Å². The Morgan fingerprint density at radius 1 is 1.07 bits per heavy atom. The lowest BCUT2D eigenvalue weighted by Crippen LogP contribution is -2.07. The molecule has 0 unspecified atom stereocenters. The number of hydrogen-bond donors (Lipinski definition) is 2. The van der Waals surface area contributed by atoms with E-state index in [4.69, 9.17) is 0 Å². The molecule has 0 saturated heterocycles. The number of aryl methyl sites for hydroxylation is 1. The smallest absolute Gasteiger partial charge is 0.250 e. The largest absolute Gasteiger partial charge is 0.326 e. The molecular weight excluding hydrogens is 358 g/mol. The molecule has 0 atom stereocenters. The normalized spacial score (nSPS) is 10.7. The summed E-state index contributed by atoms with van der Waals surface area (Å²) in [6.07, 6.45) is 3.27. The fourth-order valence-corrected chi connectivity index (χ4v) is 3.21. The Morgan fingerprint density at radius 3 is 2.56 bits per heavy atom. The molecule has 1 aromatic heterocycles. The summed E-state index contributed by atoms with van der Waals surface area (Å²) >= 11 is 1.36. The van der Waals surface area contributed by atoms with Gasteiger partial charge in [-0.3, -0.25) is 14.9 Å². The summed E-state index contributed by atoms with van der Waals surface area (Å²) < 4.78 is 0. The molecule has 2 aromatic carbocycles. The van der Waals surface area contributed by atoms with Crippen LogP contribution in [0, 0.1) is 6.92 Å². The lowest BCUT2D eigenvalue weighted by Gasteiger charge is -2.02. The van der Waals surface area contributed by atoms with Gasteiger partial charge in [-0.25, -0.2) is 4.98 Å². The van der Waals surface area contributed by atoms with Crippen LogP contribution >= 0.6 is 11.3 Å². The van der Waals surface area contributed by atoms with Crippen LogP contribution in [0.15, 0.2) is 60.0 Å². The van der Waals surface area contributed by atoms with Crippen LogP contribution in [0.5, 0.6) is 0 Å². The van der Waals surface area contributed by atoms with E-state index in [-0.39, 0.29) is 11.8 Å². The number of thiazole rings is 1. The minimum Gasteiger partial charge on any atom is -0.326 e. The second kappa shape index (κ2) is 8.42. The van der Waals surface area contributed by atoms with Gasteiger partial charge in [0.15, 0.2) is 5.13 Å². The van der Waals surface area contributed by atoms with Crippen molar-refractivity contribution in [3.05, 3.63) is 71.1 Å². The molecule has 136 valence electrons. The van der Waals surface area contributed by atoms with Gasteiger partial charge in [-0.1, -0.05) is 42.0 Å². The Hall–Kier alpha value is -3.25. The molecule has 27 heavy (non-hydrogen) atoms. The quantitative estimate of drug-likeness (QED) is 0.632. The van der Waals surface area contributed by atoms with Crippen molar-refractivity contribution in [1.29, 1.82) is 0 Å². The maximum atomic E-state index is 12.1. The van der Waals surface area contributed by atoms with Gasteiger partial charge in [0.2, 0.25) is 11.8 Å². The van der Waals surface area contributed by atoms with E-state index in [0.717, 1.165) is 28.1 Å². The van der Waals surface area contributed by atoms with E-state index in [9.17, 15) is 9.59 Å². The maximum absolute atomic E-state index is 12.1. The minimum atomic E-state index is -0.224. The molecular formula is C21H19N3O2S. The first-order valence-electron chi connectivity index (χ1n) is 8.39. The van der Waals surface area contributed by atoms with Crippen LogP contribution in [0.4, 0.5) is 10.8 Å². The van der Waals surface area contributed by atoms with Gasteiger partial charge < -0.3 is 5.32 Å². The molecule has 0 fully saturated rings. The Kier molecular flexibility index (Phi) is 5.78. The van der Waals surface area contributed by atoms with Gasteiger partial charge in [0.05, 0.1) is 5.69 Å². The van der Waals surface area contributed by atoms with Crippen molar-refractivity contribution < 1.29 is 9.59 Å². The van der Waals surface area contributed by atoms with Gasteiger partial charge in [-0.2, -0.15) is 0 Å². The van der Waals surface area contributed by atoms with Crippen molar-refractivity contribution in [3.63, 3.8) is 0 Å². The molecule has 5 nitrogen and oxygen atoms in total. The first-order valence-corrected chi connectivity index (χ1v) is 9.27. The number of nitrogens with one attached hydrogen (secondary N) is 2. The number of nitrogens with zero attached hydrogens (tertiary/aromatic N) is 1. The average molecular weight is 377 g/mol.